The molecule has 20 heteroatoms. The van der Waals surface area contributed by atoms with Gasteiger partial charge in [-0.3, -0.25) is 29.1 Å². The van der Waals surface area contributed by atoms with E-state index < -0.39 is 47.8 Å². The van der Waals surface area contributed by atoms with Crippen molar-refractivity contribution >= 4 is 152 Å². The molecule has 0 aliphatic heterocycles. The number of carboxylic acids is 2. The van der Waals surface area contributed by atoms with Crippen LogP contribution in [0.4, 0.5) is 17.1 Å². The summed E-state index contributed by atoms with van der Waals surface area (Å²) in [6.45, 7) is 6.37. The topological polar surface area (TPSA) is 181 Å². The van der Waals surface area contributed by atoms with E-state index in [-0.39, 0.29) is 52.1 Å². The van der Waals surface area contributed by atoms with Crippen LogP contribution in [0, 0.1) is 0 Å². The van der Waals surface area contributed by atoms with E-state index >= 15 is 0 Å². The van der Waals surface area contributed by atoms with Crippen LogP contribution in [-0.4, -0.2) is 109 Å². The Hall–Kier alpha value is -5.16. The molecule has 0 aliphatic rings. The molecule has 6 aromatic carbocycles. The van der Waals surface area contributed by atoms with Crippen LogP contribution >= 0.6 is 69.6 Å². The number of ether oxygens (including phenoxy) is 1. The number of carbonyl (C=O) groups is 6. The van der Waals surface area contributed by atoms with E-state index in [1.165, 1.54) is 54.0 Å². The predicted octanol–water partition coefficient (Wildman–Crippen LogP) is 9.91. The maximum Gasteiger partial charge on any atom is 0.328 e. The Kier molecular flexibility index (Phi) is 27.5. The number of rotatable bonds is 13. The SMILES string of the molecule is CC(C(=O)O)N(C(=O)c1ccccc1)c1ccc(Cl)c(Cl)c1.CC(C(=O)[O-])N(C(=O)c1ccccc1)c1ccc(Cl)c(Cl)c1.CCOC(=O)C(C)N(C(=O)c1ccccc1)c1ccc(Cl)c(Cl)c1.C[NH2+]C.[Na]. The Morgan fingerprint density at radius 3 is 1.03 bits per heavy atom. The number of halogens is 6. The van der Waals surface area contributed by atoms with E-state index in [2.05, 4.69) is 0 Å². The molecule has 0 fully saturated rings. The Morgan fingerprint density at radius 1 is 0.500 bits per heavy atom. The van der Waals surface area contributed by atoms with Crippen LogP contribution in [0.5, 0.6) is 0 Å². The second-order valence-corrected chi connectivity index (χ2v) is 17.4. The number of amides is 3. The fourth-order valence-corrected chi connectivity index (χ4v) is 7.08. The number of carbonyl (C=O) groups excluding carboxylic acids is 5. The first-order valence-corrected chi connectivity index (χ1v) is 23.8. The molecule has 0 heterocycles. The van der Waals surface area contributed by atoms with Crippen LogP contribution in [0.3, 0.4) is 0 Å². The van der Waals surface area contributed by atoms with E-state index in [0.717, 1.165) is 4.90 Å². The molecule has 0 aromatic heterocycles. The van der Waals surface area contributed by atoms with Crippen molar-refractivity contribution in [1.29, 1.82) is 0 Å². The minimum absolute atomic E-state index is 0. The van der Waals surface area contributed by atoms with E-state index in [1.807, 2.05) is 25.5 Å². The first-order valence-electron chi connectivity index (χ1n) is 21.6. The standard InChI is InChI=1S/C18H17Cl2NO3.2C16H13Cl2NO3.C2H7N.Na/c1-3-24-18(23)12(2)21(14-9-10-15(19)16(20)11-14)17(22)13-7-5-4-6-8-13;2*1-10(16(21)22)19(12-7-8-13(17)14(18)9-12)15(20)11-5-3-2-4-6-11;1-3-2;/h4-12H,3H2,1-2H3;2*2-10H,1H3,(H,21,22);3H,1-2H3;. The van der Waals surface area contributed by atoms with Gasteiger partial charge in [-0.2, -0.15) is 0 Å². The van der Waals surface area contributed by atoms with Gasteiger partial charge >= 0.3 is 11.9 Å². The van der Waals surface area contributed by atoms with Crippen molar-refractivity contribution in [2.75, 3.05) is 35.4 Å². The zero-order valence-electron chi connectivity index (χ0n) is 40.2. The van der Waals surface area contributed by atoms with Crippen molar-refractivity contribution in [2.24, 2.45) is 0 Å². The number of quaternary nitrogens is 1. The van der Waals surface area contributed by atoms with Crippen LogP contribution in [0.25, 0.3) is 0 Å². The number of hydrogen-bond donors (Lipinski definition) is 2. The number of carboxylic acid groups (broad SMARTS) is 2. The zero-order valence-corrected chi connectivity index (χ0v) is 46.7. The number of aliphatic carboxylic acids is 2. The molecule has 3 unspecified atom stereocenters. The smallest absolute Gasteiger partial charge is 0.328 e. The molecule has 6 aromatic rings. The van der Waals surface area contributed by atoms with Gasteiger partial charge in [-0.25, -0.2) is 9.59 Å². The van der Waals surface area contributed by atoms with Gasteiger partial charge in [-0.05, 0) is 119 Å². The molecular weight excluding hydrogens is 1060 g/mol. The molecule has 3 atom stereocenters. The zero-order chi connectivity index (χ0) is 52.9. The second kappa shape index (κ2) is 31.4. The molecule has 6 rings (SSSR count). The van der Waals surface area contributed by atoms with Gasteiger partial charge < -0.3 is 25.1 Å². The summed E-state index contributed by atoms with van der Waals surface area (Å²) in [6.07, 6.45) is 0. The van der Waals surface area contributed by atoms with Crippen molar-refractivity contribution < 1.29 is 49.0 Å². The summed E-state index contributed by atoms with van der Waals surface area (Å²) in [6, 6.07) is 36.4. The van der Waals surface area contributed by atoms with E-state index in [1.54, 1.807) is 123 Å². The number of esters is 1. The van der Waals surface area contributed by atoms with Crippen molar-refractivity contribution in [3.8, 4) is 0 Å². The van der Waals surface area contributed by atoms with Crippen LogP contribution in [0.2, 0.25) is 30.1 Å². The number of nitrogens with zero attached hydrogens (tertiary/aromatic N) is 3. The Labute approximate surface area is 470 Å². The van der Waals surface area contributed by atoms with Gasteiger partial charge in [-0.1, -0.05) is 124 Å². The molecule has 1 radical (unpaired) electrons. The van der Waals surface area contributed by atoms with Gasteiger partial charge in [0.25, 0.3) is 17.7 Å². The Morgan fingerprint density at radius 2 is 0.778 bits per heavy atom. The molecule has 3 amide bonds. The van der Waals surface area contributed by atoms with Crippen molar-refractivity contribution in [3.05, 3.63) is 192 Å². The largest absolute Gasteiger partial charge is 0.548 e. The van der Waals surface area contributed by atoms with E-state index in [9.17, 15) is 39.0 Å². The monoisotopic (exact) mass is 1110 g/mol. The molecule has 13 nitrogen and oxygen atoms in total. The van der Waals surface area contributed by atoms with Crippen molar-refractivity contribution in [2.45, 2.75) is 45.8 Å². The average molecular weight is 1110 g/mol. The number of benzene rings is 6. The first kappa shape index (κ1) is 63.0. The minimum Gasteiger partial charge on any atom is -0.548 e. The number of hydrogen-bond acceptors (Lipinski definition) is 8. The summed E-state index contributed by atoms with van der Waals surface area (Å²) in [5.41, 5.74) is 2.39. The maximum absolute atomic E-state index is 12.9. The van der Waals surface area contributed by atoms with Gasteiger partial charge in [0.1, 0.15) is 12.1 Å². The van der Waals surface area contributed by atoms with Crippen LogP contribution < -0.4 is 25.1 Å². The third-order valence-electron chi connectivity index (χ3n) is 9.75. The third kappa shape index (κ3) is 18.1. The molecular formula is C52H50Cl6N4NaO9. The fraction of sp³-hybridized carbons (Fsp3) is 0.192. The normalized spacial score (nSPS) is 11.3. The number of anilines is 3. The van der Waals surface area contributed by atoms with Crippen LogP contribution in [-0.2, 0) is 19.1 Å². The Bertz CT molecular complexity index is 2640. The molecule has 0 bridgehead atoms. The van der Waals surface area contributed by atoms with Gasteiger partial charge in [0, 0.05) is 63.3 Å². The van der Waals surface area contributed by atoms with Gasteiger partial charge in [-0.15, -0.1) is 0 Å². The van der Waals surface area contributed by atoms with Gasteiger partial charge in [0.05, 0.1) is 62.8 Å². The molecule has 0 spiro atoms. The summed E-state index contributed by atoms with van der Waals surface area (Å²) >= 11 is 35.7. The molecule has 0 saturated carbocycles. The molecule has 0 saturated heterocycles. The quantitative estimate of drug-likeness (QED) is 0.0841. The summed E-state index contributed by atoms with van der Waals surface area (Å²) in [5, 5.41) is 24.3. The summed E-state index contributed by atoms with van der Waals surface area (Å²) in [4.78, 5) is 76.7. The fourth-order valence-electron chi connectivity index (χ4n) is 6.20. The minimum atomic E-state index is -1.37. The van der Waals surface area contributed by atoms with E-state index in [0.29, 0.717) is 53.8 Å². The maximum atomic E-state index is 12.9. The molecule has 72 heavy (non-hydrogen) atoms. The van der Waals surface area contributed by atoms with Gasteiger partial charge in [0.15, 0.2) is 0 Å². The average Bonchev–Trinajstić information content (AvgIpc) is 3.36. The summed E-state index contributed by atoms with van der Waals surface area (Å²) < 4.78 is 5.05. The molecule has 3 N–H and O–H groups in total. The second-order valence-electron chi connectivity index (χ2n) is 14.9. The first-order chi connectivity index (χ1) is 33.7. The molecule has 0 aliphatic carbocycles. The Balaban J connectivity index is 0.000000358. The van der Waals surface area contributed by atoms with Gasteiger partial charge in [0.2, 0.25) is 0 Å². The van der Waals surface area contributed by atoms with Crippen LogP contribution in [0.15, 0.2) is 146 Å². The van der Waals surface area contributed by atoms with Crippen molar-refractivity contribution in [3.63, 3.8) is 0 Å². The predicted molar refractivity (Wildman–Crippen MR) is 286 cm³/mol. The summed E-state index contributed by atoms with van der Waals surface area (Å²) in [7, 11) is 4.00. The molecule has 375 valence electrons. The summed E-state index contributed by atoms with van der Waals surface area (Å²) in [5.74, 6) is -4.18. The third-order valence-corrected chi connectivity index (χ3v) is 12.0. The van der Waals surface area contributed by atoms with Crippen LogP contribution in [0.1, 0.15) is 58.8 Å². The van der Waals surface area contributed by atoms with E-state index in [4.69, 9.17) is 74.3 Å². The number of nitrogens with two attached hydrogens (primary N) is 1. The van der Waals surface area contributed by atoms with Crippen molar-refractivity contribution in [1.82, 2.24) is 0 Å².